The Morgan fingerprint density at radius 1 is 1.32 bits per heavy atom. The van der Waals surface area contributed by atoms with E-state index in [1.165, 1.54) is 0 Å². The number of pyridine rings is 1. The van der Waals surface area contributed by atoms with E-state index in [9.17, 15) is 4.79 Å². The number of nitrogens with one attached hydrogen (secondary N) is 1. The molecule has 1 amide bonds. The van der Waals surface area contributed by atoms with Gasteiger partial charge in [-0.1, -0.05) is 11.6 Å². The molecule has 1 aliphatic rings. The van der Waals surface area contributed by atoms with Gasteiger partial charge in [0, 0.05) is 31.7 Å². The molecule has 1 aliphatic heterocycles. The monoisotopic (exact) mass is 359 g/mol. The Labute approximate surface area is 149 Å². The van der Waals surface area contributed by atoms with Gasteiger partial charge in [-0.2, -0.15) is 0 Å². The molecule has 3 aromatic heterocycles. The summed E-state index contributed by atoms with van der Waals surface area (Å²) in [5.41, 5.74) is 1.62. The Morgan fingerprint density at radius 2 is 2.08 bits per heavy atom. The highest BCUT2D eigenvalue weighted by molar-refractivity contribution is 6.30. The van der Waals surface area contributed by atoms with E-state index in [0.717, 1.165) is 0 Å². The van der Waals surface area contributed by atoms with Gasteiger partial charge in [0.05, 0.1) is 17.2 Å². The number of aromatic nitrogens is 4. The molecule has 7 nitrogen and oxygen atoms in total. The van der Waals surface area contributed by atoms with Crippen LogP contribution in [0.5, 0.6) is 0 Å². The van der Waals surface area contributed by atoms with Crippen molar-refractivity contribution in [1.29, 1.82) is 0 Å². The second kappa shape index (κ2) is 6.16. The van der Waals surface area contributed by atoms with Gasteiger partial charge in [0.2, 0.25) is 0 Å². The number of amides is 1. The van der Waals surface area contributed by atoms with Gasteiger partial charge in [0.1, 0.15) is 11.3 Å². The number of morpholine rings is 1. The molecule has 0 aliphatic carbocycles. The maximum atomic E-state index is 13.2. The molecular formula is C17H18ClN5O2. The molecular weight excluding hydrogens is 342 g/mol. The molecule has 0 unspecified atom stereocenters. The van der Waals surface area contributed by atoms with Gasteiger partial charge in [-0.15, -0.1) is 0 Å². The van der Waals surface area contributed by atoms with Crippen LogP contribution in [0.3, 0.4) is 0 Å². The quantitative estimate of drug-likeness (QED) is 0.763. The summed E-state index contributed by atoms with van der Waals surface area (Å²) >= 11 is 6.14. The van der Waals surface area contributed by atoms with Crippen molar-refractivity contribution in [2.75, 3.05) is 13.1 Å². The van der Waals surface area contributed by atoms with Crippen LogP contribution in [-0.4, -0.2) is 55.5 Å². The number of carbonyl (C=O) groups excluding carboxylic acids is 1. The lowest BCUT2D eigenvalue weighted by atomic mass is 10.2. The maximum absolute atomic E-state index is 13.2. The Balaban J connectivity index is 1.84. The Morgan fingerprint density at radius 3 is 2.76 bits per heavy atom. The number of hydrogen-bond donors (Lipinski definition) is 1. The standard InChI is InChI=1S/C17H18ClN5O2/c1-10-7-22(8-11(2)25-10)17(24)14-15(16-19-5-6-20-16)23-9-12(18)3-4-13(23)21-14/h3-6,9-11H,7-8H2,1-2H3,(H,19,20)/t10-,11+. The van der Waals surface area contributed by atoms with E-state index in [4.69, 9.17) is 16.3 Å². The molecule has 1 N–H and O–H groups in total. The number of fused-ring (bicyclic) bond motifs is 1. The number of halogens is 1. The lowest BCUT2D eigenvalue weighted by Gasteiger charge is -2.35. The van der Waals surface area contributed by atoms with Crippen molar-refractivity contribution in [2.45, 2.75) is 26.1 Å². The summed E-state index contributed by atoms with van der Waals surface area (Å²) in [4.78, 5) is 26.9. The fourth-order valence-corrected chi connectivity index (χ4v) is 3.44. The fraction of sp³-hybridized carbons (Fsp3) is 0.353. The van der Waals surface area contributed by atoms with Crippen LogP contribution >= 0.6 is 11.6 Å². The number of nitrogens with zero attached hydrogens (tertiary/aromatic N) is 4. The Hall–Kier alpha value is -2.38. The fourth-order valence-electron chi connectivity index (χ4n) is 3.28. The molecule has 0 spiro atoms. The highest BCUT2D eigenvalue weighted by Crippen LogP contribution is 2.26. The van der Waals surface area contributed by atoms with Gasteiger partial charge >= 0.3 is 0 Å². The van der Waals surface area contributed by atoms with Crippen molar-refractivity contribution < 1.29 is 9.53 Å². The first-order valence-electron chi connectivity index (χ1n) is 8.15. The van der Waals surface area contributed by atoms with E-state index < -0.39 is 0 Å². The van der Waals surface area contributed by atoms with Crippen LogP contribution in [0.25, 0.3) is 17.2 Å². The second-order valence-corrected chi connectivity index (χ2v) is 6.73. The topological polar surface area (TPSA) is 75.5 Å². The minimum atomic E-state index is -0.131. The molecule has 0 aromatic carbocycles. The summed E-state index contributed by atoms with van der Waals surface area (Å²) in [5.74, 6) is 0.445. The van der Waals surface area contributed by atoms with Gasteiger partial charge in [-0.05, 0) is 26.0 Å². The third kappa shape index (κ3) is 2.89. The molecule has 8 heteroatoms. The normalized spacial score (nSPS) is 21.0. The van der Waals surface area contributed by atoms with Crippen LogP contribution in [0.4, 0.5) is 0 Å². The van der Waals surface area contributed by atoms with E-state index in [2.05, 4.69) is 15.0 Å². The van der Waals surface area contributed by atoms with Gasteiger partial charge < -0.3 is 14.6 Å². The predicted molar refractivity (Wildman–Crippen MR) is 93.7 cm³/mol. The molecule has 4 rings (SSSR count). The molecule has 1 fully saturated rings. The second-order valence-electron chi connectivity index (χ2n) is 6.29. The third-order valence-electron chi connectivity index (χ3n) is 4.21. The summed E-state index contributed by atoms with van der Waals surface area (Å²) < 4.78 is 7.52. The first-order chi connectivity index (χ1) is 12.0. The highest BCUT2D eigenvalue weighted by Gasteiger charge is 2.31. The molecule has 25 heavy (non-hydrogen) atoms. The van der Waals surface area contributed by atoms with Gasteiger partial charge in [-0.3, -0.25) is 9.20 Å². The summed E-state index contributed by atoms with van der Waals surface area (Å²) in [7, 11) is 0. The van der Waals surface area contributed by atoms with Crippen molar-refractivity contribution in [1.82, 2.24) is 24.3 Å². The number of carbonyl (C=O) groups is 1. The van der Waals surface area contributed by atoms with E-state index >= 15 is 0 Å². The largest absolute Gasteiger partial charge is 0.372 e. The number of aromatic amines is 1. The van der Waals surface area contributed by atoms with E-state index in [-0.39, 0.29) is 18.1 Å². The number of hydrogen-bond acceptors (Lipinski definition) is 4. The summed E-state index contributed by atoms with van der Waals surface area (Å²) in [5, 5.41) is 0.560. The highest BCUT2D eigenvalue weighted by atomic mass is 35.5. The number of ether oxygens (including phenoxy) is 1. The SMILES string of the molecule is C[C@@H]1CN(C(=O)c2nc3ccc(Cl)cn3c2-c2ncc[nH]2)C[C@H](C)O1. The van der Waals surface area contributed by atoms with Crippen molar-refractivity contribution >= 4 is 23.2 Å². The summed E-state index contributed by atoms with van der Waals surface area (Å²) in [6.45, 7) is 5.00. The maximum Gasteiger partial charge on any atom is 0.275 e. The molecule has 0 bridgehead atoms. The average molecular weight is 360 g/mol. The van der Waals surface area contributed by atoms with E-state index in [0.29, 0.717) is 41.0 Å². The lowest BCUT2D eigenvalue weighted by molar-refractivity contribution is -0.0587. The number of rotatable bonds is 2. The van der Waals surface area contributed by atoms with Crippen LogP contribution in [0.1, 0.15) is 24.3 Å². The van der Waals surface area contributed by atoms with Gasteiger partial charge in [-0.25, -0.2) is 9.97 Å². The summed E-state index contributed by atoms with van der Waals surface area (Å²) in [6, 6.07) is 3.54. The van der Waals surface area contributed by atoms with E-state index in [1.807, 2.05) is 13.8 Å². The molecule has 4 heterocycles. The van der Waals surface area contributed by atoms with Crippen molar-refractivity contribution in [2.24, 2.45) is 0 Å². The van der Waals surface area contributed by atoms with Crippen LogP contribution < -0.4 is 0 Å². The first-order valence-corrected chi connectivity index (χ1v) is 8.53. The minimum Gasteiger partial charge on any atom is -0.372 e. The van der Waals surface area contributed by atoms with Crippen LogP contribution in [0.15, 0.2) is 30.7 Å². The molecule has 1 saturated heterocycles. The molecule has 130 valence electrons. The van der Waals surface area contributed by atoms with Gasteiger partial charge in [0.15, 0.2) is 11.5 Å². The van der Waals surface area contributed by atoms with Crippen LogP contribution in [0, 0.1) is 0 Å². The zero-order valence-corrected chi connectivity index (χ0v) is 14.7. The van der Waals surface area contributed by atoms with Crippen molar-refractivity contribution in [3.63, 3.8) is 0 Å². The van der Waals surface area contributed by atoms with Crippen molar-refractivity contribution in [3.8, 4) is 11.5 Å². The predicted octanol–water partition coefficient (Wildman–Crippen LogP) is 2.63. The van der Waals surface area contributed by atoms with Crippen molar-refractivity contribution in [3.05, 3.63) is 41.4 Å². The zero-order chi connectivity index (χ0) is 17.6. The molecule has 2 atom stereocenters. The molecule has 3 aromatic rings. The first kappa shape index (κ1) is 16.1. The lowest BCUT2D eigenvalue weighted by Crippen LogP contribution is -2.48. The average Bonchev–Trinajstić information content (AvgIpc) is 3.19. The van der Waals surface area contributed by atoms with Crippen LogP contribution in [-0.2, 0) is 4.74 Å². The van der Waals surface area contributed by atoms with E-state index in [1.54, 1.807) is 40.0 Å². The van der Waals surface area contributed by atoms with Crippen LogP contribution in [0.2, 0.25) is 5.02 Å². The Bertz CT molecular complexity index is 911. The zero-order valence-electron chi connectivity index (χ0n) is 13.9. The Kier molecular flexibility index (Phi) is 3.97. The number of H-pyrrole nitrogens is 1. The smallest absolute Gasteiger partial charge is 0.275 e. The number of imidazole rings is 2. The molecule has 0 saturated carbocycles. The minimum absolute atomic E-state index is 0.00811. The van der Waals surface area contributed by atoms with Gasteiger partial charge in [0.25, 0.3) is 5.91 Å². The summed E-state index contributed by atoms with van der Waals surface area (Å²) in [6.07, 6.45) is 5.08. The third-order valence-corrected chi connectivity index (χ3v) is 4.44. The molecule has 0 radical (unpaired) electrons.